The van der Waals surface area contributed by atoms with Gasteiger partial charge >= 0.3 is 0 Å². The molecule has 1 heterocycles. The van der Waals surface area contributed by atoms with E-state index >= 15 is 0 Å². The molecule has 0 radical (unpaired) electrons. The molecule has 0 amide bonds. The second-order valence-electron chi connectivity index (χ2n) is 3.31. The van der Waals surface area contributed by atoms with Crippen LogP contribution in [0.4, 0.5) is 0 Å². The van der Waals surface area contributed by atoms with Gasteiger partial charge in [0.2, 0.25) is 0 Å². The van der Waals surface area contributed by atoms with Gasteiger partial charge in [-0.1, -0.05) is 29.5 Å². The predicted octanol–water partition coefficient (Wildman–Crippen LogP) is 2.33. The standard InChI is InChI=1S/C11H13N3S/c1-8-2-3-10(9(6-8)7-12)15-11-13-4-5-14-11/h2-6H,7,12H2,1H3,(H,13,14). The molecule has 2 rings (SSSR count). The number of H-pyrrole nitrogens is 1. The van der Waals surface area contributed by atoms with Crippen LogP contribution in [0.1, 0.15) is 11.1 Å². The van der Waals surface area contributed by atoms with Gasteiger partial charge in [0.05, 0.1) is 0 Å². The summed E-state index contributed by atoms with van der Waals surface area (Å²) in [6.07, 6.45) is 3.57. The van der Waals surface area contributed by atoms with Crippen molar-refractivity contribution in [2.45, 2.75) is 23.5 Å². The molecule has 0 bridgehead atoms. The summed E-state index contributed by atoms with van der Waals surface area (Å²) in [6, 6.07) is 6.29. The number of nitrogens with zero attached hydrogens (tertiary/aromatic N) is 1. The number of hydrogen-bond donors (Lipinski definition) is 2. The highest BCUT2D eigenvalue weighted by atomic mass is 32.2. The van der Waals surface area contributed by atoms with Gasteiger partial charge in [0.25, 0.3) is 0 Å². The number of aromatic nitrogens is 2. The molecule has 0 saturated carbocycles. The van der Waals surface area contributed by atoms with Crippen molar-refractivity contribution in [1.29, 1.82) is 0 Å². The van der Waals surface area contributed by atoms with Crippen LogP contribution in [0.2, 0.25) is 0 Å². The normalized spacial score (nSPS) is 10.5. The Morgan fingerprint density at radius 3 is 3.00 bits per heavy atom. The molecule has 0 spiro atoms. The van der Waals surface area contributed by atoms with Crippen molar-refractivity contribution >= 4 is 11.8 Å². The number of aryl methyl sites for hydroxylation is 1. The van der Waals surface area contributed by atoms with E-state index in [4.69, 9.17) is 5.73 Å². The summed E-state index contributed by atoms with van der Waals surface area (Å²) < 4.78 is 0. The lowest BCUT2D eigenvalue weighted by molar-refractivity contribution is 1.01. The molecule has 0 aliphatic carbocycles. The van der Waals surface area contributed by atoms with E-state index in [0.29, 0.717) is 6.54 Å². The van der Waals surface area contributed by atoms with Crippen LogP contribution in [-0.2, 0) is 6.54 Å². The van der Waals surface area contributed by atoms with Crippen molar-refractivity contribution < 1.29 is 0 Å². The molecule has 3 N–H and O–H groups in total. The molecule has 0 fully saturated rings. The van der Waals surface area contributed by atoms with E-state index in [0.717, 1.165) is 15.6 Å². The Morgan fingerprint density at radius 1 is 1.47 bits per heavy atom. The van der Waals surface area contributed by atoms with Crippen molar-refractivity contribution in [3.63, 3.8) is 0 Å². The first-order chi connectivity index (χ1) is 7.29. The summed E-state index contributed by atoms with van der Waals surface area (Å²) >= 11 is 1.61. The van der Waals surface area contributed by atoms with E-state index < -0.39 is 0 Å². The maximum Gasteiger partial charge on any atom is 0.170 e. The first kappa shape index (κ1) is 10.3. The minimum absolute atomic E-state index is 0.560. The molecule has 1 aromatic carbocycles. The van der Waals surface area contributed by atoms with Crippen molar-refractivity contribution in [3.8, 4) is 0 Å². The summed E-state index contributed by atoms with van der Waals surface area (Å²) in [7, 11) is 0. The summed E-state index contributed by atoms with van der Waals surface area (Å²) in [4.78, 5) is 8.40. The first-order valence-electron chi connectivity index (χ1n) is 4.76. The van der Waals surface area contributed by atoms with Gasteiger partial charge in [-0.15, -0.1) is 0 Å². The number of nitrogens with one attached hydrogen (secondary N) is 1. The van der Waals surface area contributed by atoms with E-state index in [1.165, 1.54) is 5.56 Å². The Balaban J connectivity index is 2.28. The number of benzene rings is 1. The fourth-order valence-corrected chi connectivity index (χ4v) is 2.24. The maximum absolute atomic E-state index is 5.70. The van der Waals surface area contributed by atoms with Crippen LogP contribution in [0.5, 0.6) is 0 Å². The van der Waals surface area contributed by atoms with Gasteiger partial charge in [-0.3, -0.25) is 0 Å². The highest BCUT2D eigenvalue weighted by Crippen LogP contribution is 2.28. The van der Waals surface area contributed by atoms with Crippen molar-refractivity contribution in [1.82, 2.24) is 9.97 Å². The van der Waals surface area contributed by atoms with Crippen LogP contribution in [0.25, 0.3) is 0 Å². The minimum Gasteiger partial charge on any atom is -0.339 e. The number of nitrogens with two attached hydrogens (primary N) is 1. The van der Waals surface area contributed by atoms with E-state index in [1.54, 1.807) is 18.0 Å². The van der Waals surface area contributed by atoms with Gasteiger partial charge in [-0.2, -0.15) is 0 Å². The SMILES string of the molecule is Cc1ccc(Sc2ncc[nH]2)c(CN)c1. The van der Waals surface area contributed by atoms with Gasteiger partial charge in [0.15, 0.2) is 5.16 Å². The minimum atomic E-state index is 0.560. The zero-order chi connectivity index (χ0) is 10.7. The van der Waals surface area contributed by atoms with E-state index in [1.807, 2.05) is 6.20 Å². The molecule has 0 saturated heterocycles. The highest BCUT2D eigenvalue weighted by molar-refractivity contribution is 7.99. The summed E-state index contributed by atoms with van der Waals surface area (Å²) in [5.41, 5.74) is 8.10. The van der Waals surface area contributed by atoms with Crippen LogP contribution >= 0.6 is 11.8 Å². The Hall–Kier alpha value is -1.26. The molecular weight excluding hydrogens is 206 g/mol. The second kappa shape index (κ2) is 4.51. The number of hydrogen-bond acceptors (Lipinski definition) is 3. The molecular formula is C11H13N3S. The molecule has 0 aliphatic heterocycles. The summed E-state index contributed by atoms with van der Waals surface area (Å²) in [5, 5.41) is 0.897. The molecule has 15 heavy (non-hydrogen) atoms. The van der Waals surface area contributed by atoms with Gasteiger partial charge < -0.3 is 10.7 Å². The third-order valence-electron chi connectivity index (χ3n) is 2.12. The Morgan fingerprint density at radius 2 is 2.33 bits per heavy atom. The van der Waals surface area contributed by atoms with Gasteiger partial charge in [0.1, 0.15) is 0 Å². The largest absolute Gasteiger partial charge is 0.339 e. The lowest BCUT2D eigenvalue weighted by atomic mass is 10.1. The van der Waals surface area contributed by atoms with Gasteiger partial charge in [-0.25, -0.2) is 4.98 Å². The highest BCUT2D eigenvalue weighted by Gasteiger charge is 2.04. The van der Waals surface area contributed by atoms with Crippen LogP contribution in [0.15, 0.2) is 40.6 Å². The smallest absolute Gasteiger partial charge is 0.170 e. The Bertz CT molecular complexity index is 437. The lowest BCUT2D eigenvalue weighted by Crippen LogP contribution is -1.98. The number of aromatic amines is 1. The van der Waals surface area contributed by atoms with Crippen LogP contribution < -0.4 is 5.73 Å². The van der Waals surface area contributed by atoms with Crippen molar-refractivity contribution in [3.05, 3.63) is 41.7 Å². The molecule has 78 valence electrons. The van der Waals surface area contributed by atoms with Crippen LogP contribution in [-0.4, -0.2) is 9.97 Å². The van der Waals surface area contributed by atoms with E-state index in [9.17, 15) is 0 Å². The van der Waals surface area contributed by atoms with Crippen molar-refractivity contribution in [2.24, 2.45) is 5.73 Å². The predicted molar refractivity (Wildman–Crippen MR) is 61.8 cm³/mol. The van der Waals surface area contributed by atoms with E-state index in [-0.39, 0.29) is 0 Å². The van der Waals surface area contributed by atoms with Gasteiger partial charge in [-0.05, 0) is 18.6 Å². The third-order valence-corrected chi connectivity index (χ3v) is 3.15. The third kappa shape index (κ3) is 2.40. The molecule has 4 heteroatoms. The molecule has 0 atom stereocenters. The topological polar surface area (TPSA) is 54.7 Å². The molecule has 3 nitrogen and oxygen atoms in total. The molecule has 0 unspecified atom stereocenters. The average molecular weight is 219 g/mol. The number of imidazole rings is 1. The second-order valence-corrected chi connectivity index (χ2v) is 4.34. The fraction of sp³-hybridized carbons (Fsp3) is 0.182. The Kier molecular flexibility index (Phi) is 3.08. The maximum atomic E-state index is 5.70. The summed E-state index contributed by atoms with van der Waals surface area (Å²) in [6.45, 7) is 2.63. The zero-order valence-corrected chi connectivity index (χ0v) is 9.34. The lowest BCUT2D eigenvalue weighted by Gasteiger charge is -2.06. The Labute approximate surface area is 93.1 Å². The van der Waals surface area contributed by atoms with Crippen molar-refractivity contribution in [2.75, 3.05) is 0 Å². The van der Waals surface area contributed by atoms with Crippen LogP contribution in [0, 0.1) is 6.92 Å². The van der Waals surface area contributed by atoms with E-state index in [2.05, 4.69) is 35.1 Å². The molecule has 0 aliphatic rings. The fourth-order valence-electron chi connectivity index (χ4n) is 1.38. The molecule has 1 aromatic heterocycles. The zero-order valence-electron chi connectivity index (χ0n) is 8.53. The first-order valence-corrected chi connectivity index (χ1v) is 5.58. The quantitative estimate of drug-likeness (QED) is 0.833. The number of rotatable bonds is 3. The summed E-state index contributed by atoms with van der Waals surface area (Å²) in [5.74, 6) is 0. The monoisotopic (exact) mass is 219 g/mol. The van der Waals surface area contributed by atoms with Gasteiger partial charge in [0, 0.05) is 23.8 Å². The van der Waals surface area contributed by atoms with Crippen LogP contribution in [0.3, 0.4) is 0 Å². The molecule has 2 aromatic rings. The average Bonchev–Trinajstić information content (AvgIpc) is 2.73.